The van der Waals surface area contributed by atoms with Crippen LogP contribution in [-0.2, 0) is 12.8 Å². The molecule has 2 N–H and O–H groups in total. The maximum absolute atomic E-state index is 13.0. The van der Waals surface area contributed by atoms with E-state index in [0.717, 1.165) is 17.7 Å². The molecule has 0 saturated heterocycles. The number of amides is 2. The van der Waals surface area contributed by atoms with Crippen molar-refractivity contribution in [3.05, 3.63) is 82.2 Å². The van der Waals surface area contributed by atoms with Crippen LogP contribution in [0.4, 0.5) is 11.4 Å². The second-order valence-electron chi connectivity index (χ2n) is 7.76. The summed E-state index contributed by atoms with van der Waals surface area (Å²) < 4.78 is 0. The van der Waals surface area contributed by atoms with Crippen molar-refractivity contribution < 1.29 is 14.4 Å². The lowest BCUT2D eigenvalue weighted by Gasteiger charge is -2.17. The first kappa shape index (κ1) is 20.6. The van der Waals surface area contributed by atoms with Gasteiger partial charge < -0.3 is 15.2 Å². The summed E-state index contributed by atoms with van der Waals surface area (Å²) in [6.45, 7) is 5.89. The summed E-state index contributed by atoms with van der Waals surface area (Å²) in [5.41, 5.74) is 5.69. The molecule has 0 radical (unpaired) electrons. The first-order valence-corrected chi connectivity index (χ1v) is 10.4. The molecule has 31 heavy (non-hydrogen) atoms. The van der Waals surface area contributed by atoms with Crippen LogP contribution in [0.3, 0.4) is 0 Å². The van der Waals surface area contributed by atoms with Crippen LogP contribution in [0.15, 0.2) is 48.5 Å². The summed E-state index contributed by atoms with van der Waals surface area (Å²) in [5, 5.41) is 2.86. The van der Waals surface area contributed by atoms with Gasteiger partial charge in [0.05, 0.1) is 0 Å². The van der Waals surface area contributed by atoms with Gasteiger partial charge >= 0.3 is 0 Å². The summed E-state index contributed by atoms with van der Waals surface area (Å²) in [6, 6.07) is 14.8. The number of rotatable bonds is 5. The number of aromatic nitrogens is 1. The molecular formula is C25H25N3O3. The monoisotopic (exact) mass is 415 g/mol. The van der Waals surface area contributed by atoms with Gasteiger partial charge in [-0.3, -0.25) is 14.4 Å². The molecule has 4 rings (SSSR count). The molecule has 0 bridgehead atoms. The van der Waals surface area contributed by atoms with Crippen molar-refractivity contribution in [2.75, 3.05) is 16.8 Å². The third-order valence-corrected chi connectivity index (χ3v) is 5.75. The van der Waals surface area contributed by atoms with Gasteiger partial charge in [-0.2, -0.15) is 0 Å². The molecule has 1 aromatic heterocycles. The van der Waals surface area contributed by atoms with Crippen LogP contribution >= 0.6 is 0 Å². The van der Waals surface area contributed by atoms with E-state index in [1.54, 1.807) is 36.1 Å². The highest BCUT2D eigenvalue weighted by Gasteiger charge is 2.25. The third-order valence-electron chi connectivity index (χ3n) is 5.75. The third kappa shape index (κ3) is 3.77. The molecule has 3 aromatic rings. The van der Waals surface area contributed by atoms with Gasteiger partial charge in [0.2, 0.25) is 0 Å². The fourth-order valence-electron chi connectivity index (χ4n) is 4.30. The zero-order valence-electron chi connectivity index (χ0n) is 17.9. The Bertz CT molecular complexity index is 1180. The number of hydrogen-bond acceptors (Lipinski definition) is 3. The highest BCUT2D eigenvalue weighted by Crippen LogP contribution is 2.29. The largest absolute Gasteiger partial charge is 0.354 e. The Morgan fingerprint density at radius 3 is 2.45 bits per heavy atom. The fraction of sp³-hybridized carbons (Fsp3) is 0.240. The number of ketones is 1. The quantitative estimate of drug-likeness (QED) is 0.600. The predicted molar refractivity (Wildman–Crippen MR) is 121 cm³/mol. The molecule has 0 spiro atoms. The summed E-state index contributed by atoms with van der Waals surface area (Å²) in [5.74, 6) is -0.418. The molecule has 1 aliphatic heterocycles. The van der Waals surface area contributed by atoms with Crippen molar-refractivity contribution in [2.45, 2.75) is 33.6 Å². The lowest BCUT2D eigenvalue weighted by Crippen LogP contribution is -2.28. The number of aromatic amines is 1. The Hall–Kier alpha value is -3.67. The fourth-order valence-corrected chi connectivity index (χ4v) is 4.30. The standard InChI is InChI=1S/C25H25N3O3/c1-4-20-22(16(3)29)15(2)26-23(20)24(30)27-19-11-9-18(10-12-19)25(31)28-14-13-17-7-5-6-8-21(17)28/h5-12,26H,4,13-14H2,1-3H3,(H,27,30). The summed E-state index contributed by atoms with van der Waals surface area (Å²) >= 11 is 0. The Kier molecular flexibility index (Phi) is 5.46. The number of H-pyrrole nitrogens is 1. The molecule has 0 saturated carbocycles. The van der Waals surface area contributed by atoms with Gasteiger partial charge in [0, 0.05) is 34.7 Å². The number of carbonyl (C=O) groups is 3. The Labute approximate surface area is 181 Å². The SMILES string of the molecule is CCc1c(C(=O)Nc2ccc(C(=O)N3CCc4ccccc43)cc2)[nH]c(C)c1C(C)=O. The molecule has 6 heteroatoms. The molecule has 1 aliphatic rings. The second kappa shape index (κ2) is 8.22. The number of nitrogens with zero attached hydrogens (tertiary/aromatic N) is 1. The van der Waals surface area contributed by atoms with Crippen LogP contribution in [0, 0.1) is 6.92 Å². The molecular weight excluding hydrogens is 390 g/mol. The van der Waals surface area contributed by atoms with E-state index in [1.165, 1.54) is 12.5 Å². The molecule has 2 heterocycles. The topological polar surface area (TPSA) is 82.3 Å². The maximum Gasteiger partial charge on any atom is 0.272 e. The van der Waals surface area contributed by atoms with Gasteiger partial charge in [-0.15, -0.1) is 0 Å². The first-order chi connectivity index (χ1) is 14.9. The van der Waals surface area contributed by atoms with Gasteiger partial charge in [0.15, 0.2) is 5.78 Å². The molecule has 0 fully saturated rings. The highest BCUT2D eigenvalue weighted by molar-refractivity contribution is 6.09. The summed E-state index contributed by atoms with van der Waals surface area (Å²) in [6.07, 6.45) is 1.43. The number of hydrogen-bond donors (Lipinski definition) is 2. The van der Waals surface area contributed by atoms with E-state index in [2.05, 4.69) is 10.3 Å². The van der Waals surface area contributed by atoms with E-state index in [1.807, 2.05) is 31.2 Å². The van der Waals surface area contributed by atoms with Crippen molar-refractivity contribution in [3.8, 4) is 0 Å². The van der Waals surface area contributed by atoms with Gasteiger partial charge in [-0.05, 0) is 68.1 Å². The minimum absolute atomic E-state index is 0.0535. The number of nitrogens with one attached hydrogen (secondary N) is 2. The van der Waals surface area contributed by atoms with Crippen LogP contribution in [0.5, 0.6) is 0 Å². The average molecular weight is 415 g/mol. The van der Waals surface area contributed by atoms with Crippen molar-refractivity contribution in [3.63, 3.8) is 0 Å². The Morgan fingerprint density at radius 2 is 1.77 bits per heavy atom. The second-order valence-corrected chi connectivity index (χ2v) is 7.76. The smallest absolute Gasteiger partial charge is 0.272 e. The number of carbonyl (C=O) groups excluding carboxylic acids is 3. The Morgan fingerprint density at radius 1 is 1.06 bits per heavy atom. The number of benzene rings is 2. The maximum atomic E-state index is 13.0. The van der Waals surface area contributed by atoms with Crippen LogP contribution in [0.1, 0.15) is 61.9 Å². The van der Waals surface area contributed by atoms with E-state index >= 15 is 0 Å². The number of anilines is 2. The molecule has 2 aromatic carbocycles. The number of Topliss-reactive ketones (excluding diaryl/α,β-unsaturated/α-hetero) is 1. The Balaban J connectivity index is 1.51. The van der Waals surface area contributed by atoms with Crippen LogP contribution < -0.4 is 10.2 Å². The van der Waals surface area contributed by atoms with Crippen molar-refractivity contribution in [2.24, 2.45) is 0 Å². The number of fused-ring (bicyclic) bond motifs is 1. The van der Waals surface area contributed by atoms with Crippen molar-refractivity contribution in [1.29, 1.82) is 0 Å². The molecule has 0 unspecified atom stereocenters. The normalized spacial score (nSPS) is 12.5. The highest BCUT2D eigenvalue weighted by atomic mass is 16.2. The zero-order chi connectivity index (χ0) is 22.1. The van der Waals surface area contributed by atoms with Crippen LogP contribution in [-0.4, -0.2) is 29.1 Å². The van der Waals surface area contributed by atoms with E-state index in [0.29, 0.717) is 41.2 Å². The van der Waals surface area contributed by atoms with E-state index in [4.69, 9.17) is 0 Å². The van der Waals surface area contributed by atoms with Crippen LogP contribution in [0.2, 0.25) is 0 Å². The van der Waals surface area contributed by atoms with Gasteiger partial charge in [-0.1, -0.05) is 25.1 Å². The molecule has 2 amide bonds. The van der Waals surface area contributed by atoms with E-state index < -0.39 is 0 Å². The van der Waals surface area contributed by atoms with E-state index in [-0.39, 0.29) is 17.6 Å². The average Bonchev–Trinajstić information content (AvgIpc) is 3.34. The summed E-state index contributed by atoms with van der Waals surface area (Å²) in [4.78, 5) is 42.6. The number of para-hydroxylation sites is 1. The first-order valence-electron chi connectivity index (χ1n) is 10.4. The minimum atomic E-state index is -0.306. The van der Waals surface area contributed by atoms with Crippen molar-refractivity contribution >= 4 is 29.0 Å². The molecule has 0 atom stereocenters. The molecule has 6 nitrogen and oxygen atoms in total. The van der Waals surface area contributed by atoms with Gasteiger partial charge in [0.1, 0.15) is 5.69 Å². The van der Waals surface area contributed by atoms with E-state index in [9.17, 15) is 14.4 Å². The minimum Gasteiger partial charge on any atom is -0.354 e. The van der Waals surface area contributed by atoms with Gasteiger partial charge in [0.25, 0.3) is 11.8 Å². The summed E-state index contributed by atoms with van der Waals surface area (Å²) in [7, 11) is 0. The van der Waals surface area contributed by atoms with Crippen LogP contribution in [0.25, 0.3) is 0 Å². The lowest BCUT2D eigenvalue weighted by atomic mass is 10.0. The van der Waals surface area contributed by atoms with Crippen molar-refractivity contribution in [1.82, 2.24) is 4.98 Å². The number of aryl methyl sites for hydroxylation is 1. The molecule has 158 valence electrons. The zero-order valence-corrected chi connectivity index (χ0v) is 17.9. The van der Waals surface area contributed by atoms with Gasteiger partial charge in [-0.25, -0.2) is 0 Å². The predicted octanol–water partition coefficient (Wildman–Crippen LogP) is 4.54. The molecule has 0 aliphatic carbocycles. The lowest BCUT2D eigenvalue weighted by molar-refractivity contribution is 0.0986.